The van der Waals surface area contributed by atoms with Crippen LogP contribution in [0.5, 0.6) is 0 Å². The summed E-state index contributed by atoms with van der Waals surface area (Å²) >= 11 is 0. The van der Waals surface area contributed by atoms with Gasteiger partial charge in [0, 0.05) is 25.2 Å². The minimum Gasteiger partial charge on any atom is -0.379 e. The number of nitrogen functional groups attached to an aromatic ring is 1. The predicted molar refractivity (Wildman–Crippen MR) is 84.3 cm³/mol. The highest BCUT2D eigenvalue weighted by Crippen LogP contribution is 2.27. The Morgan fingerprint density at radius 2 is 2.00 bits per heavy atom. The maximum atomic E-state index is 5.52. The van der Waals surface area contributed by atoms with Crippen molar-refractivity contribution in [1.82, 2.24) is 14.9 Å². The Morgan fingerprint density at radius 3 is 2.67 bits per heavy atom. The van der Waals surface area contributed by atoms with Gasteiger partial charge < -0.3 is 15.5 Å². The molecule has 0 spiro atoms. The SMILES string of the molecule is CC(C)c1c(NN)ncnc1NCCCN1CCOCC1. The van der Waals surface area contributed by atoms with Crippen LogP contribution in [0.2, 0.25) is 0 Å². The first-order chi connectivity index (χ1) is 10.2. The van der Waals surface area contributed by atoms with Gasteiger partial charge >= 0.3 is 0 Å². The topological polar surface area (TPSA) is 88.3 Å². The van der Waals surface area contributed by atoms with Crippen LogP contribution in [0.4, 0.5) is 11.6 Å². The molecule has 1 aliphatic heterocycles. The van der Waals surface area contributed by atoms with Crippen molar-refractivity contribution in [2.45, 2.75) is 26.2 Å². The maximum absolute atomic E-state index is 5.52. The van der Waals surface area contributed by atoms with Crippen LogP contribution in [0.1, 0.15) is 31.7 Å². The van der Waals surface area contributed by atoms with Crippen molar-refractivity contribution >= 4 is 11.6 Å². The third kappa shape index (κ3) is 4.52. The van der Waals surface area contributed by atoms with Crippen LogP contribution in [0.15, 0.2) is 6.33 Å². The molecule has 0 unspecified atom stereocenters. The highest BCUT2D eigenvalue weighted by Gasteiger charge is 2.14. The molecule has 0 radical (unpaired) electrons. The number of anilines is 2. The molecule has 1 aliphatic rings. The molecule has 1 aromatic heterocycles. The Hall–Kier alpha value is -1.44. The first-order valence-electron chi connectivity index (χ1n) is 7.58. The van der Waals surface area contributed by atoms with Gasteiger partial charge in [-0.2, -0.15) is 0 Å². The Labute approximate surface area is 126 Å². The third-order valence-electron chi connectivity index (χ3n) is 3.65. The van der Waals surface area contributed by atoms with E-state index in [0.717, 1.165) is 57.2 Å². The van der Waals surface area contributed by atoms with Crippen molar-refractivity contribution in [3.05, 3.63) is 11.9 Å². The fourth-order valence-corrected chi connectivity index (χ4v) is 2.53. The van der Waals surface area contributed by atoms with Crippen molar-refractivity contribution in [2.24, 2.45) is 5.84 Å². The smallest absolute Gasteiger partial charge is 0.148 e. The minimum absolute atomic E-state index is 0.305. The molecule has 2 heterocycles. The molecule has 4 N–H and O–H groups in total. The molecule has 0 amide bonds. The zero-order chi connectivity index (χ0) is 15.1. The number of hydrazine groups is 1. The molecule has 7 nitrogen and oxygen atoms in total. The van der Waals surface area contributed by atoms with Gasteiger partial charge in [0.25, 0.3) is 0 Å². The summed E-state index contributed by atoms with van der Waals surface area (Å²) in [6, 6.07) is 0. The van der Waals surface area contributed by atoms with E-state index in [4.69, 9.17) is 10.6 Å². The normalized spacial score (nSPS) is 16.2. The lowest BCUT2D eigenvalue weighted by Crippen LogP contribution is -2.37. The molecule has 1 aromatic rings. The van der Waals surface area contributed by atoms with Crippen LogP contribution in [-0.4, -0.2) is 54.3 Å². The quantitative estimate of drug-likeness (QED) is 0.393. The Kier molecular flexibility index (Phi) is 6.16. The molecule has 7 heteroatoms. The highest BCUT2D eigenvalue weighted by molar-refractivity contribution is 5.58. The van der Waals surface area contributed by atoms with Crippen molar-refractivity contribution in [3.63, 3.8) is 0 Å². The van der Waals surface area contributed by atoms with E-state index in [1.165, 1.54) is 6.33 Å². The predicted octanol–water partition coefficient (Wildman–Crippen LogP) is 1.02. The third-order valence-corrected chi connectivity index (χ3v) is 3.65. The minimum atomic E-state index is 0.305. The van der Waals surface area contributed by atoms with Gasteiger partial charge in [-0.1, -0.05) is 13.8 Å². The van der Waals surface area contributed by atoms with Crippen molar-refractivity contribution < 1.29 is 4.74 Å². The summed E-state index contributed by atoms with van der Waals surface area (Å²) in [6.45, 7) is 9.96. The second-order valence-electron chi connectivity index (χ2n) is 5.52. The summed E-state index contributed by atoms with van der Waals surface area (Å²) < 4.78 is 5.35. The first kappa shape index (κ1) is 15.9. The lowest BCUT2D eigenvalue weighted by molar-refractivity contribution is 0.0378. The van der Waals surface area contributed by atoms with E-state index in [1.807, 2.05) is 0 Å². The van der Waals surface area contributed by atoms with Crippen LogP contribution >= 0.6 is 0 Å². The van der Waals surface area contributed by atoms with Crippen molar-refractivity contribution in [1.29, 1.82) is 0 Å². The largest absolute Gasteiger partial charge is 0.379 e. The molecule has 0 aromatic carbocycles. The molecule has 0 atom stereocenters. The highest BCUT2D eigenvalue weighted by atomic mass is 16.5. The number of nitrogens with one attached hydrogen (secondary N) is 2. The number of nitrogens with zero attached hydrogens (tertiary/aromatic N) is 3. The van der Waals surface area contributed by atoms with E-state index < -0.39 is 0 Å². The van der Waals surface area contributed by atoms with E-state index >= 15 is 0 Å². The summed E-state index contributed by atoms with van der Waals surface area (Å²) in [4.78, 5) is 10.9. The van der Waals surface area contributed by atoms with Gasteiger partial charge in [0.05, 0.1) is 13.2 Å². The van der Waals surface area contributed by atoms with Crippen molar-refractivity contribution in [2.75, 3.05) is 50.1 Å². The van der Waals surface area contributed by atoms with Crippen LogP contribution in [0, 0.1) is 0 Å². The molecule has 1 fully saturated rings. The number of morpholine rings is 1. The standard InChI is InChI=1S/C14H26N6O/c1-11(2)12-13(17-10-18-14(12)19-15)16-4-3-5-20-6-8-21-9-7-20/h10-11H,3-9,15H2,1-2H3,(H2,16,17,18,19). The Morgan fingerprint density at radius 1 is 1.29 bits per heavy atom. The molecular weight excluding hydrogens is 268 g/mol. The number of rotatable bonds is 7. The number of hydrogen-bond acceptors (Lipinski definition) is 7. The molecule has 0 bridgehead atoms. The monoisotopic (exact) mass is 294 g/mol. The first-order valence-corrected chi connectivity index (χ1v) is 7.58. The van der Waals surface area contributed by atoms with Crippen LogP contribution in [-0.2, 0) is 4.74 Å². The average Bonchev–Trinajstić information content (AvgIpc) is 2.52. The maximum Gasteiger partial charge on any atom is 0.148 e. The van der Waals surface area contributed by atoms with E-state index in [2.05, 4.69) is 39.5 Å². The molecular formula is C14H26N6O. The van der Waals surface area contributed by atoms with E-state index in [1.54, 1.807) is 0 Å². The van der Waals surface area contributed by atoms with E-state index in [-0.39, 0.29) is 0 Å². The number of hydrogen-bond donors (Lipinski definition) is 3. The van der Waals surface area contributed by atoms with Gasteiger partial charge in [-0.15, -0.1) is 0 Å². The Bertz CT molecular complexity index is 433. The fourth-order valence-electron chi connectivity index (χ4n) is 2.53. The molecule has 2 rings (SSSR count). The van der Waals surface area contributed by atoms with Crippen LogP contribution in [0.25, 0.3) is 0 Å². The lowest BCUT2D eigenvalue weighted by Gasteiger charge is -2.26. The van der Waals surface area contributed by atoms with Gasteiger partial charge in [0.2, 0.25) is 0 Å². The zero-order valence-electron chi connectivity index (χ0n) is 12.9. The van der Waals surface area contributed by atoms with Gasteiger partial charge in [-0.3, -0.25) is 4.90 Å². The fraction of sp³-hybridized carbons (Fsp3) is 0.714. The number of nitrogens with two attached hydrogens (primary N) is 1. The summed E-state index contributed by atoms with van der Waals surface area (Å²) in [6.07, 6.45) is 2.61. The van der Waals surface area contributed by atoms with Gasteiger partial charge in [-0.05, 0) is 18.9 Å². The van der Waals surface area contributed by atoms with Crippen molar-refractivity contribution in [3.8, 4) is 0 Å². The summed E-state index contributed by atoms with van der Waals surface area (Å²) in [7, 11) is 0. The molecule has 0 aliphatic carbocycles. The van der Waals surface area contributed by atoms with Gasteiger partial charge in [-0.25, -0.2) is 15.8 Å². The van der Waals surface area contributed by atoms with Gasteiger partial charge in [0.1, 0.15) is 18.0 Å². The van der Waals surface area contributed by atoms with Crippen LogP contribution < -0.4 is 16.6 Å². The summed E-state index contributed by atoms with van der Waals surface area (Å²) in [5, 5.41) is 3.40. The molecule has 118 valence electrons. The molecule has 1 saturated heterocycles. The van der Waals surface area contributed by atoms with Gasteiger partial charge in [0.15, 0.2) is 0 Å². The second kappa shape index (κ2) is 8.11. The molecule has 0 saturated carbocycles. The summed E-state index contributed by atoms with van der Waals surface area (Å²) in [5.41, 5.74) is 3.68. The summed E-state index contributed by atoms with van der Waals surface area (Å²) in [5.74, 6) is 7.39. The van der Waals surface area contributed by atoms with E-state index in [0.29, 0.717) is 11.7 Å². The number of aromatic nitrogens is 2. The zero-order valence-corrected chi connectivity index (χ0v) is 12.9. The van der Waals surface area contributed by atoms with E-state index in [9.17, 15) is 0 Å². The average molecular weight is 294 g/mol. The molecule has 21 heavy (non-hydrogen) atoms. The lowest BCUT2D eigenvalue weighted by atomic mass is 10.0. The Balaban J connectivity index is 1.84. The number of ether oxygens (including phenoxy) is 1. The second-order valence-corrected chi connectivity index (χ2v) is 5.52. The van der Waals surface area contributed by atoms with Crippen LogP contribution in [0.3, 0.4) is 0 Å².